The smallest absolute Gasteiger partial charge is 0.321 e. The summed E-state index contributed by atoms with van der Waals surface area (Å²) in [5, 5.41) is 2.77. The molecule has 1 atom stereocenters. The van der Waals surface area contributed by atoms with Gasteiger partial charge in [-0.25, -0.2) is 8.78 Å². The van der Waals surface area contributed by atoms with Crippen molar-refractivity contribution in [3.8, 4) is 0 Å². The van der Waals surface area contributed by atoms with E-state index in [1.807, 2.05) is 0 Å². The maximum absolute atomic E-state index is 12.8. The molecule has 0 bridgehead atoms. The largest absolute Gasteiger partial charge is 0.468 e. The number of hydrogen-bond acceptors (Lipinski definition) is 3. The third-order valence-corrected chi connectivity index (χ3v) is 2.56. The van der Waals surface area contributed by atoms with E-state index in [1.165, 1.54) is 13.2 Å². The summed E-state index contributed by atoms with van der Waals surface area (Å²) >= 11 is 3.09. The lowest BCUT2D eigenvalue weighted by molar-refractivity contribution is -0.139. The first kappa shape index (κ1) is 12.9. The van der Waals surface area contributed by atoms with E-state index in [-0.39, 0.29) is 6.54 Å². The topological polar surface area (TPSA) is 38.3 Å². The number of halogens is 3. The molecule has 1 N–H and O–H groups in total. The second-order valence-electron chi connectivity index (χ2n) is 3.00. The third kappa shape index (κ3) is 3.44. The van der Waals surface area contributed by atoms with E-state index in [4.69, 9.17) is 0 Å². The summed E-state index contributed by atoms with van der Waals surface area (Å²) < 4.78 is 29.9. The highest BCUT2D eigenvalue weighted by molar-refractivity contribution is 9.10. The Morgan fingerprint density at radius 3 is 2.75 bits per heavy atom. The van der Waals surface area contributed by atoms with Crippen molar-refractivity contribution in [2.24, 2.45) is 0 Å². The van der Waals surface area contributed by atoms with E-state index in [9.17, 15) is 13.6 Å². The van der Waals surface area contributed by atoms with Crippen molar-refractivity contribution >= 4 is 27.6 Å². The van der Waals surface area contributed by atoms with Crippen molar-refractivity contribution in [2.75, 3.05) is 19.0 Å². The molecule has 0 aromatic heterocycles. The maximum Gasteiger partial charge on any atom is 0.321 e. The second kappa shape index (κ2) is 5.79. The molecule has 0 aliphatic rings. The van der Waals surface area contributed by atoms with Gasteiger partial charge in [0.05, 0.1) is 7.11 Å². The van der Waals surface area contributed by atoms with Gasteiger partial charge in [0.15, 0.2) is 11.6 Å². The lowest BCUT2D eigenvalue weighted by Crippen LogP contribution is -2.24. The summed E-state index contributed by atoms with van der Waals surface area (Å²) in [7, 11) is 1.27. The van der Waals surface area contributed by atoms with Crippen molar-refractivity contribution in [1.82, 2.24) is 0 Å². The van der Waals surface area contributed by atoms with E-state index < -0.39 is 22.4 Å². The van der Waals surface area contributed by atoms with E-state index in [1.54, 1.807) is 0 Å². The maximum atomic E-state index is 12.8. The minimum Gasteiger partial charge on any atom is -0.468 e. The molecule has 1 rings (SSSR count). The molecule has 6 heteroatoms. The molecule has 3 nitrogen and oxygen atoms in total. The van der Waals surface area contributed by atoms with E-state index in [2.05, 4.69) is 26.0 Å². The number of nitrogens with one attached hydrogen (secondary N) is 1. The zero-order valence-corrected chi connectivity index (χ0v) is 10.1. The first-order valence-electron chi connectivity index (χ1n) is 4.45. The van der Waals surface area contributed by atoms with Crippen LogP contribution >= 0.6 is 15.9 Å². The van der Waals surface area contributed by atoms with Crippen LogP contribution in [0.2, 0.25) is 0 Å². The van der Waals surface area contributed by atoms with E-state index >= 15 is 0 Å². The van der Waals surface area contributed by atoms with Crippen LogP contribution in [0.1, 0.15) is 0 Å². The predicted molar refractivity (Wildman–Crippen MR) is 59.6 cm³/mol. The number of carbonyl (C=O) groups excluding carboxylic acids is 1. The number of hydrogen-bond donors (Lipinski definition) is 1. The van der Waals surface area contributed by atoms with Gasteiger partial charge in [0.2, 0.25) is 0 Å². The molecule has 0 radical (unpaired) electrons. The van der Waals surface area contributed by atoms with Crippen LogP contribution in [-0.2, 0) is 9.53 Å². The van der Waals surface area contributed by atoms with Crippen molar-refractivity contribution < 1.29 is 18.3 Å². The van der Waals surface area contributed by atoms with Crippen molar-refractivity contribution in [2.45, 2.75) is 4.83 Å². The van der Waals surface area contributed by atoms with Gasteiger partial charge < -0.3 is 10.1 Å². The lowest BCUT2D eigenvalue weighted by Gasteiger charge is -2.10. The summed E-state index contributed by atoms with van der Waals surface area (Å²) in [6.07, 6.45) is 0. The number of benzene rings is 1. The molecule has 0 amide bonds. The van der Waals surface area contributed by atoms with Crippen LogP contribution in [0.4, 0.5) is 14.5 Å². The Morgan fingerprint density at radius 1 is 1.50 bits per heavy atom. The molecule has 0 heterocycles. The Bertz CT molecular complexity index is 387. The van der Waals surface area contributed by atoms with Gasteiger partial charge in [0, 0.05) is 12.2 Å². The first-order chi connectivity index (χ1) is 7.54. The highest BCUT2D eigenvalue weighted by Gasteiger charge is 2.14. The zero-order valence-electron chi connectivity index (χ0n) is 8.47. The standard InChI is InChI=1S/C10H10BrF2NO2/c1-16-10(15)7(11)5-14-6-2-3-8(12)9(13)4-6/h2-4,7,14H,5H2,1H3. The normalized spacial score (nSPS) is 12.0. The van der Waals surface area contributed by atoms with Crippen LogP contribution in [-0.4, -0.2) is 24.5 Å². The number of rotatable bonds is 4. The van der Waals surface area contributed by atoms with Crippen LogP contribution in [0.5, 0.6) is 0 Å². The van der Waals surface area contributed by atoms with Gasteiger partial charge in [-0.15, -0.1) is 0 Å². The SMILES string of the molecule is COC(=O)C(Br)CNc1ccc(F)c(F)c1. The fourth-order valence-corrected chi connectivity index (χ4v) is 1.37. The monoisotopic (exact) mass is 293 g/mol. The molecule has 0 aliphatic carbocycles. The molecule has 1 aromatic carbocycles. The average Bonchev–Trinajstić information content (AvgIpc) is 2.29. The summed E-state index contributed by atoms with van der Waals surface area (Å²) in [6, 6.07) is 3.42. The number of esters is 1. The van der Waals surface area contributed by atoms with Gasteiger partial charge in [-0.3, -0.25) is 4.79 Å². The fourth-order valence-electron chi connectivity index (χ4n) is 1.02. The minimum absolute atomic E-state index is 0.220. The molecule has 88 valence electrons. The highest BCUT2D eigenvalue weighted by Crippen LogP contribution is 2.14. The van der Waals surface area contributed by atoms with Crippen molar-refractivity contribution in [3.63, 3.8) is 0 Å². The lowest BCUT2D eigenvalue weighted by atomic mass is 10.3. The first-order valence-corrected chi connectivity index (χ1v) is 5.37. The van der Waals surface area contributed by atoms with Gasteiger partial charge in [-0.1, -0.05) is 15.9 Å². The molecule has 0 aliphatic heterocycles. The van der Waals surface area contributed by atoms with E-state index in [0.717, 1.165) is 12.1 Å². The number of anilines is 1. The zero-order chi connectivity index (χ0) is 12.1. The van der Waals surface area contributed by atoms with Crippen LogP contribution < -0.4 is 5.32 Å². The van der Waals surface area contributed by atoms with Gasteiger partial charge in [0.1, 0.15) is 4.83 Å². The van der Waals surface area contributed by atoms with Crippen molar-refractivity contribution in [1.29, 1.82) is 0 Å². The molecule has 1 aromatic rings. The average molecular weight is 294 g/mol. The second-order valence-corrected chi connectivity index (χ2v) is 4.11. The minimum atomic E-state index is -0.936. The van der Waals surface area contributed by atoms with E-state index in [0.29, 0.717) is 5.69 Å². The Labute approximate surface area is 99.9 Å². The summed E-state index contributed by atoms with van der Waals surface area (Å²) in [6.45, 7) is 0.220. The predicted octanol–water partition coefficient (Wildman–Crippen LogP) is 2.31. The molecule has 1 unspecified atom stereocenters. The Hall–Kier alpha value is -1.17. The van der Waals surface area contributed by atoms with Crippen LogP contribution in [0.3, 0.4) is 0 Å². The summed E-state index contributed by atoms with van der Waals surface area (Å²) in [5.41, 5.74) is 0.396. The molecule has 0 saturated heterocycles. The fraction of sp³-hybridized carbons (Fsp3) is 0.300. The Morgan fingerprint density at radius 2 is 2.19 bits per heavy atom. The number of carbonyl (C=O) groups is 1. The van der Waals surface area contributed by atoms with Crippen LogP contribution in [0.15, 0.2) is 18.2 Å². The number of alkyl halides is 1. The van der Waals surface area contributed by atoms with Gasteiger partial charge in [0.25, 0.3) is 0 Å². The summed E-state index contributed by atoms with van der Waals surface area (Å²) in [4.78, 5) is 10.5. The van der Waals surface area contributed by atoms with Crippen LogP contribution in [0, 0.1) is 11.6 Å². The quantitative estimate of drug-likeness (QED) is 0.684. The Kier molecular flexibility index (Phi) is 4.67. The number of methoxy groups -OCH3 is 1. The molecular formula is C10H10BrF2NO2. The van der Waals surface area contributed by atoms with Gasteiger partial charge in [-0.2, -0.15) is 0 Å². The number of ether oxygens (including phenoxy) is 1. The highest BCUT2D eigenvalue weighted by atomic mass is 79.9. The molecular weight excluding hydrogens is 284 g/mol. The Balaban J connectivity index is 2.55. The molecule has 16 heavy (non-hydrogen) atoms. The molecule has 0 saturated carbocycles. The van der Waals surface area contributed by atoms with Gasteiger partial charge in [-0.05, 0) is 18.2 Å². The molecule has 0 spiro atoms. The van der Waals surface area contributed by atoms with Crippen molar-refractivity contribution in [3.05, 3.63) is 29.8 Å². The summed E-state index contributed by atoms with van der Waals surface area (Å²) in [5.74, 6) is -2.28. The van der Waals surface area contributed by atoms with Gasteiger partial charge >= 0.3 is 5.97 Å². The third-order valence-electron chi connectivity index (χ3n) is 1.86. The van der Waals surface area contributed by atoms with Crippen LogP contribution in [0.25, 0.3) is 0 Å². The molecule has 0 fully saturated rings.